The monoisotopic (exact) mass is 420 g/mol. The van der Waals surface area contributed by atoms with Crippen molar-refractivity contribution < 1.29 is 9.22 Å². The molecule has 0 aliphatic heterocycles. The maximum absolute atomic E-state index is 12.4. The van der Waals surface area contributed by atoms with Crippen molar-refractivity contribution in [3.05, 3.63) is 0 Å². The van der Waals surface area contributed by atoms with Gasteiger partial charge in [-0.05, 0) is 60.6 Å². The number of carbonyl (C=O) groups is 1. The minimum absolute atomic E-state index is 0.0435. The van der Waals surface area contributed by atoms with Crippen LogP contribution in [0, 0.1) is 33.6 Å². The van der Waals surface area contributed by atoms with Crippen LogP contribution in [0.5, 0.6) is 0 Å². The molecular formula is C24H44O2Si2. The molecule has 28 heavy (non-hydrogen) atoms. The zero-order valence-electron chi connectivity index (χ0n) is 20.4. The van der Waals surface area contributed by atoms with Crippen LogP contribution < -0.4 is 0 Å². The molecule has 2 saturated carbocycles. The Hall–Kier alpha value is -0.376. The van der Waals surface area contributed by atoms with Gasteiger partial charge in [-0.2, -0.15) is 0 Å². The van der Waals surface area contributed by atoms with Gasteiger partial charge in [0.2, 0.25) is 0 Å². The van der Waals surface area contributed by atoms with Gasteiger partial charge in [-0.3, -0.25) is 0 Å². The van der Waals surface area contributed by atoms with Gasteiger partial charge in [0.15, 0.2) is 8.32 Å². The van der Waals surface area contributed by atoms with Gasteiger partial charge in [0.25, 0.3) is 0 Å². The molecule has 4 atom stereocenters. The van der Waals surface area contributed by atoms with E-state index in [2.05, 4.69) is 85.7 Å². The third kappa shape index (κ3) is 3.96. The SMILES string of the molecule is CC1(C)[C@@H](O[Si](C)(C)C(C)(C)C)CC[C@@]2(C)[C@H]1CC[C@@]2(C#C[Si](C)(C)C)C=O. The van der Waals surface area contributed by atoms with Crippen LogP contribution in [0.4, 0.5) is 0 Å². The molecule has 0 bridgehead atoms. The Balaban J connectivity index is 2.39. The summed E-state index contributed by atoms with van der Waals surface area (Å²) in [6, 6.07) is 0. The van der Waals surface area contributed by atoms with E-state index in [0.717, 1.165) is 25.7 Å². The zero-order chi connectivity index (χ0) is 21.8. The third-order valence-corrected chi connectivity index (χ3v) is 13.7. The standard InChI is InChI=1S/C24H44O2Si2/c1-21(2,3)28(10,11)26-20-13-14-23(6)19(22(20,4)5)12-15-24(23,18-25)16-17-27(7,8)9/h18-20H,12-15H2,1-11H3/t19-,20-,23-,24+/m0/s1. The number of aldehydes is 1. The molecule has 0 saturated heterocycles. The van der Waals surface area contributed by atoms with E-state index in [9.17, 15) is 4.79 Å². The number of carbonyl (C=O) groups excluding carboxylic acids is 1. The molecule has 2 aliphatic rings. The second-order valence-electron chi connectivity index (χ2n) is 12.8. The molecule has 0 aromatic carbocycles. The van der Waals surface area contributed by atoms with Crippen molar-refractivity contribution in [1.29, 1.82) is 0 Å². The molecule has 0 amide bonds. The molecule has 2 aliphatic carbocycles. The van der Waals surface area contributed by atoms with E-state index >= 15 is 0 Å². The highest BCUT2D eigenvalue weighted by atomic mass is 28.4. The van der Waals surface area contributed by atoms with Gasteiger partial charge in [0, 0.05) is 0 Å². The Bertz CT molecular complexity index is 671. The second kappa shape index (κ2) is 7.10. The third-order valence-electron chi connectivity index (χ3n) is 8.37. The smallest absolute Gasteiger partial charge is 0.192 e. The quantitative estimate of drug-likeness (QED) is 0.289. The van der Waals surface area contributed by atoms with Crippen molar-refractivity contribution in [2.75, 3.05) is 0 Å². The maximum atomic E-state index is 12.4. The molecule has 2 fully saturated rings. The summed E-state index contributed by atoms with van der Waals surface area (Å²) < 4.78 is 6.95. The van der Waals surface area contributed by atoms with Crippen LogP contribution >= 0.6 is 0 Å². The predicted molar refractivity (Wildman–Crippen MR) is 126 cm³/mol. The van der Waals surface area contributed by atoms with Gasteiger partial charge in [0.05, 0.1) is 11.5 Å². The summed E-state index contributed by atoms with van der Waals surface area (Å²) in [5.74, 6) is 4.04. The van der Waals surface area contributed by atoms with Crippen molar-refractivity contribution in [2.24, 2.45) is 22.2 Å². The molecular weight excluding hydrogens is 376 g/mol. The van der Waals surface area contributed by atoms with E-state index in [1.165, 1.54) is 6.29 Å². The summed E-state index contributed by atoms with van der Waals surface area (Å²) in [5, 5.41) is 0.217. The van der Waals surface area contributed by atoms with E-state index in [1.807, 2.05) is 0 Å². The normalized spacial score (nSPS) is 35.7. The van der Waals surface area contributed by atoms with Crippen LogP contribution in [-0.2, 0) is 9.22 Å². The summed E-state index contributed by atoms with van der Waals surface area (Å²) in [6.45, 7) is 25.6. The summed E-state index contributed by atoms with van der Waals surface area (Å²) in [7, 11) is -3.34. The van der Waals surface area contributed by atoms with E-state index in [1.54, 1.807) is 0 Å². The first-order valence-electron chi connectivity index (χ1n) is 11.1. The van der Waals surface area contributed by atoms with Gasteiger partial charge < -0.3 is 9.22 Å². The lowest BCUT2D eigenvalue weighted by atomic mass is 9.51. The van der Waals surface area contributed by atoms with Crippen LogP contribution in [0.15, 0.2) is 0 Å². The molecule has 2 rings (SSSR count). The average Bonchev–Trinajstić information content (AvgIpc) is 2.81. The van der Waals surface area contributed by atoms with Gasteiger partial charge in [-0.1, -0.05) is 67.1 Å². The minimum atomic E-state index is -1.83. The van der Waals surface area contributed by atoms with Crippen LogP contribution in [0.1, 0.15) is 67.2 Å². The van der Waals surface area contributed by atoms with Crippen molar-refractivity contribution in [3.8, 4) is 11.5 Å². The zero-order valence-corrected chi connectivity index (χ0v) is 22.4. The number of hydrogen-bond acceptors (Lipinski definition) is 2. The molecule has 0 aromatic rings. The molecule has 0 radical (unpaired) electrons. The molecule has 0 heterocycles. The van der Waals surface area contributed by atoms with Gasteiger partial charge >= 0.3 is 0 Å². The fourth-order valence-electron chi connectivity index (χ4n) is 5.38. The summed E-state index contributed by atoms with van der Waals surface area (Å²) in [5.41, 5.74) is 3.09. The first-order valence-corrected chi connectivity index (χ1v) is 17.5. The Morgan fingerprint density at radius 3 is 2.04 bits per heavy atom. The van der Waals surface area contributed by atoms with E-state index in [0.29, 0.717) is 5.92 Å². The number of hydrogen-bond donors (Lipinski definition) is 0. The van der Waals surface area contributed by atoms with Crippen molar-refractivity contribution in [1.82, 2.24) is 0 Å². The molecule has 2 nitrogen and oxygen atoms in total. The Morgan fingerprint density at radius 1 is 1.00 bits per heavy atom. The topological polar surface area (TPSA) is 26.3 Å². The lowest BCUT2D eigenvalue weighted by Gasteiger charge is -2.56. The number of fused-ring (bicyclic) bond motifs is 1. The van der Waals surface area contributed by atoms with Crippen LogP contribution in [0.2, 0.25) is 37.8 Å². The molecule has 0 N–H and O–H groups in total. The summed E-state index contributed by atoms with van der Waals surface area (Å²) >= 11 is 0. The summed E-state index contributed by atoms with van der Waals surface area (Å²) in [6.07, 6.45) is 5.56. The fourth-order valence-corrected chi connectivity index (χ4v) is 7.46. The van der Waals surface area contributed by atoms with Crippen molar-refractivity contribution in [3.63, 3.8) is 0 Å². The van der Waals surface area contributed by atoms with Gasteiger partial charge in [-0.25, -0.2) is 0 Å². The Morgan fingerprint density at radius 2 is 1.57 bits per heavy atom. The van der Waals surface area contributed by atoms with Gasteiger partial charge in [0.1, 0.15) is 14.4 Å². The fraction of sp³-hybridized carbons (Fsp3) is 0.875. The van der Waals surface area contributed by atoms with Crippen LogP contribution in [0.25, 0.3) is 0 Å². The maximum Gasteiger partial charge on any atom is 0.192 e. The Labute approximate surface area is 176 Å². The minimum Gasteiger partial charge on any atom is -0.413 e. The predicted octanol–water partition coefficient (Wildman–Crippen LogP) is 6.68. The lowest BCUT2D eigenvalue weighted by Crippen LogP contribution is -2.56. The molecule has 4 heteroatoms. The molecule has 0 unspecified atom stereocenters. The van der Waals surface area contributed by atoms with E-state index in [-0.39, 0.29) is 22.0 Å². The second-order valence-corrected chi connectivity index (χ2v) is 22.3. The van der Waals surface area contributed by atoms with Crippen molar-refractivity contribution in [2.45, 2.75) is 111 Å². The first-order chi connectivity index (χ1) is 12.4. The Kier molecular flexibility index (Phi) is 6.06. The summed E-state index contributed by atoms with van der Waals surface area (Å²) in [4.78, 5) is 12.4. The highest BCUT2D eigenvalue weighted by Crippen LogP contribution is 2.66. The number of rotatable bonds is 3. The first kappa shape index (κ1) is 23.9. The lowest BCUT2D eigenvalue weighted by molar-refractivity contribution is -0.128. The molecule has 0 spiro atoms. The van der Waals surface area contributed by atoms with Gasteiger partial charge in [-0.15, -0.1) is 5.54 Å². The van der Waals surface area contributed by atoms with Crippen LogP contribution in [0.3, 0.4) is 0 Å². The highest BCUT2D eigenvalue weighted by molar-refractivity contribution is 6.83. The van der Waals surface area contributed by atoms with E-state index < -0.39 is 21.8 Å². The molecule has 160 valence electrons. The molecule has 0 aromatic heterocycles. The van der Waals surface area contributed by atoms with Crippen LogP contribution in [-0.4, -0.2) is 28.8 Å². The van der Waals surface area contributed by atoms with E-state index in [4.69, 9.17) is 4.43 Å². The van der Waals surface area contributed by atoms with Crippen molar-refractivity contribution >= 4 is 22.7 Å². The highest BCUT2D eigenvalue weighted by Gasteiger charge is 2.64. The average molecular weight is 421 g/mol. The largest absolute Gasteiger partial charge is 0.413 e.